The number of hydrogen-bond donors (Lipinski definition) is 1. The van der Waals surface area contributed by atoms with E-state index in [0.717, 1.165) is 35.0 Å². The monoisotopic (exact) mass is 399 g/mol. The summed E-state index contributed by atoms with van der Waals surface area (Å²) >= 11 is 7.81. The molecule has 1 N–H and O–H groups in total. The highest BCUT2D eigenvalue weighted by atomic mass is 35.5. The minimum atomic E-state index is -0.0603. The van der Waals surface area contributed by atoms with Gasteiger partial charge < -0.3 is 9.88 Å². The van der Waals surface area contributed by atoms with Gasteiger partial charge in [-0.1, -0.05) is 29.8 Å². The first-order valence-corrected chi connectivity index (χ1v) is 10.1. The van der Waals surface area contributed by atoms with E-state index in [1.54, 1.807) is 6.20 Å². The number of thioether (sulfide) groups is 1. The first-order chi connectivity index (χ1) is 13.1. The van der Waals surface area contributed by atoms with Gasteiger partial charge in [-0.3, -0.25) is 4.79 Å². The lowest BCUT2D eigenvalue weighted by atomic mass is 10.1. The summed E-state index contributed by atoms with van der Waals surface area (Å²) in [5.74, 6) is -0.0603. The Morgan fingerprint density at radius 3 is 2.78 bits per heavy atom. The molecule has 0 radical (unpaired) electrons. The van der Waals surface area contributed by atoms with E-state index in [2.05, 4.69) is 33.1 Å². The summed E-state index contributed by atoms with van der Waals surface area (Å²) < 4.78 is 2.11. The van der Waals surface area contributed by atoms with E-state index in [-0.39, 0.29) is 5.91 Å². The summed E-state index contributed by atoms with van der Waals surface area (Å²) in [4.78, 5) is 16.6. The molecule has 1 atom stereocenters. The number of aryl methyl sites for hydroxylation is 1. The van der Waals surface area contributed by atoms with Crippen molar-refractivity contribution in [3.05, 3.63) is 77.8 Å². The van der Waals surface area contributed by atoms with Crippen LogP contribution >= 0.6 is 23.4 Å². The number of benzene rings is 2. The Morgan fingerprint density at radius 2 is 2.07 bits per heavy atom. The molecule has 0 saturated heterocycles. The van der Waals surface area contributed by atoms with Crippen molar-refractivity contribution in [2.75, 3.05) is 5.32 Å². The van der Waals surface area contributed by atoms with Gasteiger partial charge in [0.1, 0.15) is 0 Å². The Hall–Kier alpha value is -2.24. The maximum Gasteiger partial charge on any atom is 0.221 e. The first kappa shape index (κ1) is 19.5. The van der Waals surface area contributed by atoms with Crippen molar-refractivity contribution in [1.82, 2.24) is 9.55 Å². The van der Waals surface area contributed by atoms with Crippen molar-refractivity contribution in [1.29, 1.82) is 0 Å². The van der Waals surface area contributed by atoms with E-state index >= 15 is 0 Å². The molecule has 0 fully saturated rings. The van der Waals surface area contributed by atoms with Crippen molar-refractivity contribution in [3.8, 4) is 0 Å². The minimum absolute atomic E-state index is 0.0603. The largest absolute Gasteiger partial charge is 0.336 e. The quantitative estimate of drug-likeness (QED) is 0.523. The standard InChI is InChI=1S/C21H22ClN3OS/c1-16(26)24-19-3-2-4-20(13-19)27-21(14-25-12-11-23-15-25)10-7-17-5-8-18(22)9-6-17/h2-6,8-9,11-13,15,21H,7,10,14H2,1H3,(H,24,26). The van der Waals surface area contributed by atoms with Crippen LogP contribution in [0.2, 0.25) is 5.02 Å². The lowest BCUT2D eigenvalue weighted by molar-refractivity contribution is -0.114. The predicted octanol–water partition coefficient (Wildman–Crippen LogP) is 5.29. The van der Waals surface area contributed by atoms with Crippen molar-refractivity contribution < 1.29 is 4.79 Å². The first-order valence-electron chi connectivity index (χ1n) is 8.83. The number of carbonyl (C=O) groups is 1. The zero-order chi connectivity index (χ0) is 19.1. The molecular formula is C21H22ClN3OS. The molecule has 0 aliphatic carbocycles. The fraction of sp³-hybridized carbons (Fsp3) is 0.238. The number of halogens is 1. The molecule has 0 bridgehead atoms. The van der Waals surface area contributed by atoms with E-state index in [0.29, 0.717) is 5.25 Å². The van der Waals surface area contributed by atoms with Crippen LogP contribution in [0.1, 0.15) is 18.9 Å². The third-order valence-electron chi connectivity index (χ3n) is 4.10. The van der Waals surface area contributed by atoms with E-state index < -0.39 is 0 Å². The van der Waals surface area contributed by atoms with Crippen LogP contribution in [-0.2, 0) is 17.8 Å². The van der Waals surface area contributed by atoms with Crippen molar-refractivity contribution >= 4 is 35.0 Å². The van der Waals surface area contributed by atoms with Gasteiger partial charge in [0, 0.05) is 46.7 Å². The van der Waals surface area contributed by atoms with Crippen LogP contribution in [0.4, 0.5) is 5.69 Å². The Bertz CT molecular complexity index is 865. The second kappa shape index (κ2) is 9.62. The number of amides is 1. The van der Waals surface area contributed by atoms with Crippen LogP contribution in [0.5, 0.6) is 0 Å². The van der Waals surface area contributed by atoms with Crippen LogP contribution in [-0.4, -0.2) is 20.7 Å². The van der Waals surface area contributed by atoms with E-state index in [9.17, 15) is 4.79 Å². The Morgan fingerprint density at radius 1 is 1.26 bits per heavy atom. The molecule has 3 rings (SSSR count). The number of carbonyl (C=O) groups excluding carboxylic acids is 1. The molecule has 0 aliphatic heterocycles. The maximum atomic E-state index is 11.3. The van der Waals surface area contributed by atoms with Gasteiger partial charge in [0.05, 0.1) is 6.33 Å². The molecule has 140 valence electrons. The summed E-state index contributed by atoms with van der Waals surface area (Å²) in [6.07, 6.45) is 7.65. The second-order valence-corrected chi connectivity index (χ2v) is 8.18. The highest BCUT2D eigenvalue weighted by Crippen LogP contribution is 2.29. The van der Waals surface area contributed by atoms with Gasteiger partial charge in [-0.05, 0) is 48.7 Å². The van der Waals surface area contributed by atoms with Crippen molar-refractivity contribution in [2.45, 2.75) is 36.5 Å². The average molecular weight is 400 g/mol. The van der Waals surface area contributed by atoms with E-state index in [1.165, 1.54) is 12.5 Å². The highest BCUT2D eigenvalue weighted by Gasteiger charge is 2.13. The molecule has 2 aromatic carbocycles. The summed E-state index contributed by atoms with van der Waals surface area (Å²) in [5, 5.41) is 3.99. The minimum Gasteiger partial charge on any atom is -0.336 e. The molecule has 1 heterocycles. The zero-order valence-electron chi connectivity index (χ0n) is 15.1. The lowest BCUT2D eigenvalue weighted by Crippen LogP contribution is -2.13. The fourth-order valence-corrected chi connectivity index (χ4v) is 4.18. The fourth-order valence-electron chi connectivity index (χ4n) is 2.84. The normalized spacial score (nSPS) is 11.9. The van der Waals surface area contributed by atoms with Crippen LogP contribution in [0.3, 0.4) is 0 Å². The van der Waals surface area contributed by atoms with Crippen LogP contribution in [0, 0.1) is 0 Å². The number of aromatic nitrogens is 2. The smallest absolute Gasteiger partial charge is 0.221 e. The molecule has 1 unspecified atom stereocenters. The lowest BCUT2D eigenvalue weighted by Gasteiger charge is -2.18. The predicted molar refractivity (Wildman–Crippen MR) is 112 cm³/mol. The van der Waals surface area contributed by atoms with Gasteiger partial charge in [-0.25, -0.2) is 4.98 Å². The van der Waals surface area contributed by atoms with Gasteiger partial charge in [-0.2, -0.15) is 0 Å². The van der Waals surface area contributed by atoms with Crippen LogP contribution < -0.4 is 5.32 Å². The van der Waals surface area contributed by atoms with Crippen molar-refractivity contribution in [2.24, 2.45) is 0 Å². The number of nitrogens with one attached hydrogen (secondary N) is 1. The molecule has 1 amide bonds. The van der Waals surface area contributed by atoms with E-state index in [1.807, 2.05) is 54.6 Å². The Kier molecular flexibility index (Phi) is 6.96. The molecule has 0 saturated carbocycles. The van der Waals surface area contributed by atoms with Crippen molar-refractivity contribution in [3.63, 3.8) is 0 Å². The number of imidazole rings is 1. The number of hydrogen-bond acceptors (Lipinski definition) is 3. The summed E-state index contributed by atoms with van der Waals surface area (Å²) in [5.41, 5.74) is 2.11. The molecule has 0 aliphatic rings. The molecule has 27 heavy (non-hydrogen) atoms. The maximum absolute atomic E-state index is 11.3. The molecule has 6 heteroatoms. The molecular weight excluding hydrogens is 378 g/mol. The molecule has 3 aromatic rings. The summed E-state index contributed by atoms with van der Waals surface area (Å²) in [6.45, 7) is 2.40. The van der Waals surface area contributed by atoms with Crippen LogP contribution in [0.15, 0.2) is 72.1 Å². The Balaban J connectivity index is 1.69. The molecule has 4 nitrogen and oxygen atoms in total. The van der Waals surface area contributed by atoms with Crippen LogP contribution in [0.25, 0.3) is 0 Å². The van der Waals surface area contributed by atoms with Gasteiger partial charge in [0.25, 0.3) is 0 Å². The second-order valence-electron chi connectivity index (χ2n) is 6.37. The molecule has 1 aromatic heterocycles. The summed E-state index contributed by atoms with van der Waals surface area (Å²) in [7, 11) is 0. The van der Waals surface area contributed by atoms with E-state index in [4.69, 9.17) is 11.6 Å². The zero-order valence-corrected chi connectivity index (χ0v) is 16.7. The highest BCUT2D eigenvalue weighted by molar-refractivity contribution is 8.00. The third-order valence-corrected chi connectivity index (χ3v) is 5.60. The third kappa shape index (κ3) is 6.45. The number of anilines is 1. The average Bonchev–Trinajstić information content (AvgIpc) is 3.14. The molecule has 0 spiro atoms. The van der Waals surface area contributed by atoms with Gasteiger partial charge in [0.2, 0.25) is 5.91 Å². The van der Waals surface area contributed by atoms with Gasteiger partial charge in [0.15, 0.2) is 0 Å². The SMILES string of the molecule is CC(=O)Nc1cccc(SC(CCc2ccc(Cl)cc2)Cn2ccnc2)c1. The van der Waals surface area contributed by atoms with Gasteiger partial charge >= 0.3 is 0 Å². The number of nitrogens with zero attached hydrogens (tertiary/aromatic N) is 2. The van der Waals surface area contributed by atoms with Gasteiger partial charge in [-0.15, -0.1) is 11.8 Å². The topological polar surface area (TPSA) is 46.9 Å². The Labute approximate surface area is 169 Å². The number of rotatable bonds is 8. The summed E-state index contributed by atoms with van der Waals surface area (Å²) in [6, 6.07) is 16.0.